The molecule has 0 saturated heterocycles. The minimum Gasteiger partial charge on any atom is -0.437 e. The highest BCUT2D eigenvalue weighted by molar-refractivity contribution is 6.16. The third-order valence-corrected chi connectivity index (χ3v) is 9.21. The minimum atomic E-state index is 0.0880. The summed E-state index contributed by atoms with van der Waals surface area (Å²) in [5, 5.41) is 2.11. The maximum Gasteiger partial charge on any atom is 0.227 e. The number of aromatic nitrogens is 1. The van der Waals surface area contributed by atoms with Crippen LogP contribution >= 0.6 is 0 Å². The molecule has 0 radical (unpaired) electrons. The number of benzene rings is 3. The van der Waals surface area contributed by atoms with E-state index in [9.17, 15) is 0 Å². The van der Waals surface area contributed by atoms with Crippen LogP contribution in [0.5, 0.6) is 0 Å². The normalized spacial score (nSPS) is 18.5. The number of aryl methyl sites for hydroxylation is 4. The van der Waals surface area contributed by atoms with Gasteiger partial charge < -0.3 is 4.42 Å². The molecule has 5 aromatic rings. The van der Waals surface area contributed by atoms with Crippen LogP contribution in [0.1, 0.15) is 71.0 Å². The Hall–Kier alpha value is -4.57. The van der Waals surface area contributed by atoms with Gasteiger partial charge in [0.1, 0.15) is 5.58 Å². The molecule has 2 atom stereocenters. The van der Waals surface area contributed by atoms with Crippen LogP contribution in [-0.2, 0) is 6.42 Å². The Morgan fingerprint density at radius 2 is 1.72 bits per heavy atom. The van der Waals surface area contributed by atoms with Crippen molar-refractivity contribution < 1.29 is 4.42 Å². The summed E-state index contributed by atoms with van der Waals surface area (Å²) in [5.74, 6) is 0.277. The van der Waals surface area contributed by atoms with Crippen LogP contribution in [0.15, 0.2) is 100.0 Å². The molecule has 0 aliphatic carbocycles. The SMILES string of the molecule is C=CC1=NC2CC(=C)N=C(CC)c3c(ccc4c3oc3nc(-c5c(C)cc(C)cc5C)ccc34)CCC2c2ccccc21. The van der Waals surface area contributed by atoms with Gasteiger partial charge in [0, 0.05) is 45.5 Å². The third kappa shape index (κ3) is 4.57. The molecule has 2 aromatic heterocycles. The van der Waals surface area contributed by atoms with Gasteiger partial charge in [0.15, 0.2) is 0 Å². The molecule has 0 saturated carbocycles. The van der Waals surface area contributed by atoms with Gasteiger partial charge in [-0.05, 0) is 80.5 Å². The number of nitrogens with zero attached hydrogens (tertiary/aromatic N) is 3. The minimum absolute atomic E-state index is 0.0880. The zero-order valence-corrected chi connectivity index (χ0v) is 25.5. The molecule has 7 rings (SSSR count). The molecule has 43 heavy (non-hydrogen) atoms. The van der Waals surface area contributed by atoms with Gasteiger partial charge in [0.25, 0.3) is 0 Å². The topological polar surface area (TPSA) is 50.8 Å². The molecule has 4 nitrogen and oxygen atoms in total. The summed E-state index contributed by atoms with van der Waals surface area (Å²) in [6, 6.07) is 21.9. The Morgan fingerprint density at radius 3 is 2.49 bits per heavy atom. The van der Waals surface area contributed by atoms with Gasteiger partial charge >= 0.3 is 0 Å². The smallest absolute Gasteiger partial charge is 0.227 e. The molecular formula is C39H37N3O. The molecule has 0 bridgehead atoms. The van der Waals surface area contributed by atoms with E-state index < -0.39 is 0 Å². The summed E-state index contributed by atoms with van der Waals surface area (Å²) in [6.07, 6.45) is 5.26. The summed E-state index contributed by atoms with van der Waals surface area (Å²) in [6.45, 7) is 17.1. The molecule has 0 spiro atoms. The summed E-state index contributed by atoms with van der Waals surface area (Å²) in [7, 11) is 0. The second kappa shape index (κ2) is 10.6. The van der Waals surface area contributed by atoms with Crippen LogP contribution < -0.4 is 0 Å². The fourth-order valence-corrected chi connectivity index (χ4v) is 7.41. The number of aliphatic imine (C=N–C) groups is 2. The lowest BCUT2D eigenvalue weighted by atomic mass is 9.78. The third-order valence-electron chi connectivity index (χ3n) is 9.21. The Morgan fingerprint density at radius 1 is 0.953 bits per heavy atom. The van der Waals surface area contributed by atoms with Crippen LogP contribution in [0, 0.1) is 20.8 Å². The first kappa shape index (κ1) is 27.3. The van der Waals surface area contributed by atoms with Gasteiger partial charge in [-0.3, -0.25) is 9.98 Å². The van der Waals surface area contributed by atoms with Crippen LogP contribution in [0.4, 0.5) is 0 Å². The first-order chi connectivity index (χ1) is 20.9. The van der Waals surface area contributed by atoms with E-state index in [0.717, 1.165) is 64.0 Å². The van der Waals surface area contributed by atoms with Crippen molar-refractivity contribution in [3.05, 3.63) is 125 Å². The van der Waals surface area contributed by atoms with Gasteiger partial charge in [-0.15, -0.1) is 0 Å². The van der Waals surface area contributed by atoms with Crippen LogP contribution in [0.2, 0.25) is 0 Å². The fraction of sp³-hybridized carbons (Fsp3) is 0.256. The van der Waals surface area contributed by atoms with Crippen LogP contribution in [-0.4, -0.2) is 22.4 Å². The molecule has 4 heterocycles. The molecule has 2 unspecified atom stereocenters. The Labute approximate surface area is 253 Å². The van der Waals surface area contributed by atoms with E-state index in [1.54, 1.807) is 0 Å². The van der Waals surface area contributed by atoms with Crippen molar-refractivity contribution in [2.75, 3.05) is 0 Å². The molecule has 4 heteroatoms. The first-order valence-electron chi connectivity index (χ1n) is 15.3. The van der Waals surface area contributed by atoms with Gasteiger partial charge in [-0.2, -0.15) is 0 Å². The van der Waals surface area contributed by atoms with Gasteiger partial charge in [-0.1, -0.05) is 74.2 Å². The van der Waals surface area contributed by atoms with E-state index in [1.807, 2.05) is 6.08 Å². The fourth-order valence-electron chi connectivity index (χ4n) is 7.41. The highest BCUT2D eigenvalue weighted by atomic mass is 16.3. The number of fused-ring (bicyclic) bond motifs is 8. The van der Waals surface area contributed by atoms with Crippen molar-refractivity contribution in [3.63, 3.8) is 0 Å². The summed E-state index contributed by atoms with van der Waals surface area (Å²) in [5.41, 5.74) is 15.1. The van der Waals surface area contributed by atoms with E-state index in [1.165, 1.54) is 38.9 Å². The maximum atomic E-state index is 6.69. The Balaban J connectivity index is 1.38. The van der Waals surface area contributed by atoms with Crippen molar-refractivity contribution >= 4 is 33.5 Å². The predicted octanol–water partition coefficient (Wildman–Crippen LogP) is 9.76. The number of allylic oxidation sites excluding steroid dienone is 1. The number of furan rings is 1. The monoisotopic (exact) mass is 563 g/mol. The zero-order chi connectivity index (χ0) is 29.8. The number of pyridine rings is 1. The summed E-state index contributed by atoms with van der Waals surface area (Å²) in [4.78, 5) is 15.4. The van der Waals surface area contributed by atoms with Crippen molar-refractivity contribution in [1.82, 2.24) is 4.98 Å². The molecular weight excluding hydrogens is 526 g/mol. The average molecular weight is 564 g/mol. The van der Waals surface area contributed by atoms with E-state index in [-0.39, 0.29) is 12.0 Å². The lowest BCUT2D eigenvalue weighted by molar-refractivity contribution is 0.489. The number of rotatable bonds is 3. The molecule has 2 aliphatic rings. The second-order valence-electron chi connectivity index (χ2n) is 12.1. The van der Waals surface area contributed by atoms with E-state index in [0.29, 0.717) is 12.1 Å². The number of hydrogen-bond acceptors (Lipinski definition) is 4. The van der Waals surface area contributed by atoms with Crippen LogP contribution in [0.25, 0.3) is 33.3 Å². The van der Waals surface area contributed by atoms with E-state index in [4.69, 9.17) is 19.4 Å². The Kier molecular flexibility index (Phi) is 6.73. The van der Waals surface area contributed by atoms with Crippen LogP contribution in [0.3, 0.4) is 0 Å². The highest BCUT2D eigenvalue weighted by Gasteiger charge is 2.32. The second-order valence-corrected chi connectivity index (χ2v) is 12.1. The van der Waals surface area contributed by atoms with Gasteiger partial charge in [-0.25, -0.2) is 4.98 Å². The van der Waals surface area contributed by atoms with Crippen molar-refractivity contribution in [1.29, 1.82) is 0 Å². The molecule has 0 amide bonds. The molecule has 0 N–H and O–H groups in total. The van der Waals surface area contributed by atoms with Gasteiger partial charge in [0.05, 0.1) is 23.2 Å². The quantitative estimate of drug-likeness (QED) is 0.219. The number of hydrogen-bond donors (Lipinski definition) is 0. The average Bonchev–Trinajstić information content (AvgIpc) is 3.36. The van der Waals surface area contributed by atoms with Crippen molar-refractivity contribution in [3.8, 4) is 11.3 Å². The van der Waals surface area contributed by atoms with Gasteiger partial charge in [0.2, 0.25) is 5.71 Å². The summed E-state index contributed by atoms with van der Waals surface area (Å²) < 4.78 is 6.69. The molecule has 0 fully saturated rings. The molecule has 2 aliphatic heterocycles. The van der Waals surface area contributed by atoms with Crippen molar-refractivity contribution in [2.24, 2.45) is 9.98 Å². The van der Waals surface area contributed by atoms with E-state index >= 15 is 0 Å². The maximum absolute atomic E-state index is 6.69. The standard InChI is InChI=1S/C39H37N3O/c1-7-32-28-12-10-9-11-27(28)29-15-13-26-14-16-30-31-17-18-34(36-23(4)19-22(3)20-24(36)5)42-39(31)43-38(30)37(26)33(8-2)40-25(6)21-35(29)41-32/h7,9-12,14,16-20,29,35H,1,6,8,13,15,21H2,2-5H3. The molecule has 3 aromatic carbocycles. The Bertz CT molecular complexity index is 2000. The highest BCUT2D eigenvalue weighted by Crippen LogP contribution is 2.41. The predicted molar refractivity (Wildman–Crippen MR) is 180 cm³/mol. The van der Waals surface area contributed by atoms with Crippen molar-refractivity contribution in [2.45, 2.75) is 65.3 Å². The lowest BCUT2D eigenvalue weighted by Gasteiger charge is -2.32. The first-order valence-corrected chi connectivity index (χ1v) is 15.3. The largest absolute Gasteiger partial charge is 0.437 e. The molecule has 214 valence electrons. The van der Waals surface area contributed by atoms with E-state index in [2.05, 4.69) is 102 Å². The zero-order valence-electron chi connectivity index (χ0n) is 25.5. The lowest BCUT2D eigenvalue weighted by Crippen LogP contribution is -2.27. The summed E-state index contributed by atoms with van der Waals surface area (Å²) >= 11 is 0.